The number of fused-ring (bicyclic) bond motifs is 12. The van der Waals surface area contributed by atoms with E-state index in [2.05, 4.69) is 276 Å². The van der Waals surface area contributed by atoms with Crippen molar-refractivity contribution in [2.75, 3.05) is 0 Å². The quantitative estimate of drug-likeness (QED) is 0.155. The zero-order chi connectivity index (χ0) is 49.8. The molecule has 0 N–H and O–H groups in total. The lowest BCUT2D eigenvalue weighted by Crippen LogP contribution is -2.13. The normalized spacial score (nSPS) is 15.1. The number of thioether (sulfide) groups is 1. The first kappa shape index (κ1) is 43.5. The molecule has 3 aromatic heterocycles. The number of hydrogen-bond donors (Lipinski definition) is 0. The number of para-hydroxylation sites is 2. The van der Waals surface area contributed by atoms with Gasteiger partial charge < -0.3 is 9.13 Å². The lowest BCUT2D eigenvalue weighted by Gasteiger charge is -2.23. The number of hydrogen-bond acceptors (Lipinski definition) is 2. The van der Waals surface area contributed by atoms with Crippen LogP contribution in [0.25, 0.3) is 125 Å². The standard InChI is InChI=1S/C72H46N2S2/c1-5-17-45(18-6-1)53-25-13-29-57-59-31-15-27-55(71(59)75-69(53)57)49-35-39-67-63(43-49)61-41-47(33-37-65(61)73(67)51-21-9-3-10-22-51)48-34-38-66-62(42-48)64-44-50(36-40-68(64)74(66)52-23-11-4-12-24-52)56-28-16-32-60-58-30-14-26-54(70(58)76-72(56)60)46-19-7-2-8-20-46/h1-44,59,71H. The third-order valence-electron chi connectivity index (χ3n) is 16.1. The smallest absolute Gasteiger partial charge is 0.0541 e. The molecule has 11 aromatic carbocycles. The van der Waals surface area contributed by atoms with Gasteiger partial charge in [0.2, 0.25) is 0 Å². The summed E-state index contributed by atoms with van der Waals surface area (Å²) in [6, 6.07) is 92.3. The topological polar surface area (TPSA) is 9.86 Å². The minimum Gasteiger partial charge on any atom is -0.309 e. The van der Waals surface area contributed by atoms with Crippen molar-refractivity contribution in [2.24, 2.45) is 0 Å². The zero-order valence-corrected chi connectivity index (χ0v) is 42.9. The van der Waals surface area contributed by atoms with Crippen molar-refractivity contribution < 1.29 is 0 Å². The summed E-state index contributed by atoms with van der Waals surface area (Å²) in [4.78, 5) is 1.40. The van der Waals surface area contributed by atoms with Crippen molar-refractivity contribution in [3.63, 3.8) is 0 Å². The van der Waals surface area contributed by atoms with Crippen molar-refractivity contribution in [1.82, 2.24) is 9.13 Å². The Hall–Kier alpha value is -8.93. The van der Waals surface area contributed by atoms with Gasteiger partial charge in [0.1, 0.15) is 0 Å². The van der Waals surface area contributed by atoms with E-state index >= 15 is 0 Å². The van der Waals surface area contributed by atoms with Gasteiger partial charge in [-0.05, 0) is 134 Å². The van der Waals surface area contributed by atoms with Gasteiger partial charge in [0.25, 0.3) is 0 Å². The van der Waals surface area contributed by atoms with Crippen LogP contribution in [0.4, 0.5) is 0 Å². The number of rotatable bonds is 7. The van der Waals surface area contributed by atoms with Gasteiger partial charge in [0, 0.05) is 69.2 Å². The number of benzene rings is 11. The highest BCUT2D eigenvalue weighted by Gasteiger charge is 2.37. The minimum absolute atomic E-state index is 0.288. The number of aromatic nitrogens is 2. The van der Waals surface area contributed by atoms with Gasteiger partial charge in [0.05, 0.1) is 22.1 Å². The first-order chi connectivity index (χ1) is 37.7. The maximum Gasteiger partial charge on any atom is 0.0541 e. The van der Waals surface area contributed by atoms with Crippen molar-refractivity contribution in [3.8, 4) is 55.9 Å². The van der Waals surface area contributed by atoms with Crippen LogP contribution in [0.3, 0.4) is 0 Å². The maximum absolute atomic E-state index is 2.47. The molecule has 2 nitrogen and oxygen atoms in total. The first-order valence-corrected chi connectivity index (χ1v) is 27.9. The minimum atomic E-state index is 0.288. The summed E-state index contributed by atoms with van der Waals surface area (Å²) in [5.74, 6) is 0.313. The average Bonchev–Trinajstić information content (AvgIpc) is 4.35. The van der Waals surface area contributed by atoms with E-state index in [-0.39, 0.29) is 5.25 Å². The van der Waals surface area contributed by atoms with E-state index < -0.39 is 0 Å². The molecule has 2 atom stereocenters. The second-order valence-corrected chi connectivity index (χ2v) is 22.4. The van der Waals surface area contributed by atoms with Gasteiger partial charge in [-0.25, -0.2) is 0 Å². The molecule has 4 heterocycles. The fraction of sp³-hybridized carbons (Fsp3) is 0.0278. The largest absolute Gasteiger partial charge is 0.309 e. The summed E-state index contributed by atoms with van der Waals surface area (Å²) in [5.41, 5.74) is 21.2. The van der Waals surface area contributed by atoms with E-state index in [4.69, 9.17) is 0 Å². The van der Waals surface area contributed by atoms with Gasteiger partial charge in [-0.3, -0.25) is 0 Å². The van der Waals surface area contributed by atoms with Crippen LogP contribution in [0.5, 0.6) is 0 Å². The van der Waals surface area contributed by atoms with Crippen molar-refractivity contribution >= 4 is 92.5 Å². The van der Waals surface area contributed by atoms with Crippen molar-refractivity contribution in [3.05, 3.63) is 278 Å². The molecule has 0 radical (unpaired) electrons. The predicted octanol–water partition coefficient (Wildman–Crippen LogP) is 20.1. The molecule has 356 valence electrons. The molecule has 0 saturated heterocycles. The molecule has 0 spiro atoms. The molecule has 2 aliphatic rings. The Kier molecular flexibility index (Phi) is 9.91. The Balaban J connectivity index is 0.847. The second kappa shape index (κ2) is 17.3. The third-order valence-corrected chi connectivity index (χ3v) is 18.9. The van der Waals surface area contributed by atoms with Gasteiger partial charge in [-0.15, -0.1) is 23.1 Å². The van der Waals surface area contributed by atoms with Crippen LogP contribution >= 0.6 is 23.1 Å². The van der Waals surface area contributed by atoms with E-state index in [1.165, 1.54) is 130 Å². The highest BCUT2D eigenvalue weighted by Crippen LogP contribution is 2.56. The van der Waals surface area contributed by atoms with E-state index in [0.717, 1.165) is 11.4 Å². The molecule has 4 heteroatoms. The molecule has 1 aliphatic heterocycles. The maximum atomic E-state index is 2.47. The molecule has 16 rings (SSSR count). The third kappa shape index (κ3) is 6.74. The lowest BCUT2D eigenvalue weighted by atomic mass is 9.84. The second-order valence-electron chi connectivity index (χ2n) is 20.3. The highest BCUT2D eigenvalue weighted by atomic mass is 32.2. The van der Waals surface area contributed by atoms with Crippen LogP contribution in [0.1, 0.15) is 17.0 Å². The molecule has 1 aliphatic carbocycles. The van der Waals surface area contributed by atoms with Crippen molar-refractivity contribution in [1.29, 1.82) is 0 Å². The Morgan fingerprint density at radius 2 is 0.763 bits per heavy atom. The molecule has 14 aromatic rings. The number of allylic oxidation sites excluding steroid dienone is 3. The van der Waals surface area contributed by atoms with Crippen LogP contribution in [0.15, 0.2) is 272 Å². The summed E-state index contributed by atoms with van der Waals surface area (Å²) in [6.07, 6.45) is 7.06. The summed E-state index contributed by atoms with van der Waals surface area (Å²) in [6.45, 7) is 0. The average molecular weight is 1000 g/mol. The zero-order valence-electron chi connectivity index (χ0n) is 41.3. The van der Waals surface area contributed by atoms with Crippen LogP contribution in [-0.4, -0.2) is 14.4 Å². The first-order valence-electron chi connectivity index (χ1n) is 26.2. The predicted molar refractivity (Wildman–Crippen MR) is 326 cm³/mol. The molecule has 0 bridgehead atoms. The number of nitrogens with zero attached hydrogens (tertiary/aromatic N) is 2. The Morgan fingerprint density at radius 1 is 0.329 bits per heavy atom. The van der Waals surface area contributed by atoms with Gasteiger partial charge in [0.15, 0.2) is 0 Å². The molecule has 0 fully saturated rings. The molecule has 0 saturated carbocycles. The Bertz CT molecular complexity index is 4710. The summed E-state index contributed by atoms with van der Waals surface area (Å²) in [5, 5.41) is 7.88. The summed E-state index contributed by atoms with van der Waals surface area (Å²) in [7, 11) is 0. The van der Waals surface area contributed by atoms with E-state index in [1.807, 2.05) is 23.1 Å². The van der Waals surface area contributed by atoms with E-state index in [0.29, 0.717) is 5.92 Å². The highest BCUT2D eigenvalue weighted by molar-refractivity contribution is 8.01. The molecular formula is C72H46N2S2. The SMILES string of the molecule is C1=CC2c3cccc(-c4ccccc4)c3SC2C(c2ccc3c(c2)c2cc(-c4ccc5c(c4)c4cc(-c6cccc7c6sc6c(-c8ccccc8)cccc67)ccc4n5-c4ccccc4)ccc2n3-c2ccccc2)=C1. The van der Waals surface area contributed by atoms with Gasteiger partial charge in [-0.2, -0.15) is 0 Å². The monoisotopic (exact) mass is 1000 g/mol. The number of thiophene rings is 1. The van der Waals surface area contributed by atoms with E-state index in [9.17, 15) is 0 Å². The molecule has 0 amide bonds. The van der Waals surface area contributed by atoms with Crippen molar-refractivity contribution in [2.45, 2.75) is 16.1 Å². The van der Waals surface area contributed by atoms with Crippen LogP contribution in [-0.2, 0) is 0 Å². The van der Waals surface area contributed by atoms with Gasteiger partial charge >= 0.3 is 0 Å². The van der Waals surface area contributed by atoms with Crippen LogP contribution in [0, 0.1) is 0 Å². The fourth-order valence-electron chi connectivity index (χ4n) is 12.6. The fourth-order valence-corrected chi connectivity index (χ4v) is 15.6. The van der Waals surface area contributed by atoms with Crippen LogP contribution < -0.4 is 0 Å². The van der Waals surface area contributed by atoms with E-state index in [1.54, 1.807) is 0 Å². The molecule has 76 heavy (non-hydrogen) atoms. The Labute approximate surface area is 448 Å². The van der Waals surface area contributed by atoms with Crippen LogP contribution in [0.2, 0.25) is 0 Å². The van der Waals surface area contributed by atoms with Gasteiger partial charge in [-0.1, -0.05) is 194 Å². The molecule has 2 unspecified atom stereocenters. The molecular weight excluding hydrogens is 957 g/mol. The summed E-state index contributed by atoms with van der Waals surface area (Å²) < 4.78 is 7.53. The summed E-state index contributed by atoms with van der Waals surface area (Å²) >= 11 is 3.94. The Morgan fingerprint density at radius 3 is 1.32 bits per heavy atom. The lowest BCUT2D eigenvalue weighted by molar-refractivity contribution is 0.894.